The third kappa shape index (κ3) is 3.96. The number of hydrazine groups is 1. The molecule has 0 saturated carbocycles. The number of hydrogen-bond donors (Lipinski definition) is 2. The number of aromatic amines is 1. The van der Waals surface area contributed by atoms with E-state index >= 15 is 0 Å². The van der Waals surface area contributed by atoms with Crippen molar-refractivity contribution < 1.29 is 4.74 Å². The second kappa shape index (κ2) is 8.95. The van der Waals surface area contributed by atoms with Crippen LogP contribution >= 0.6 is 0 Å². The molecule has 0 spiro atoms. The predicted octanol–water partition coefficient (Wildman–Crippen LogP) is 3.36. The van der Waals surface area contributed by atoms with Crippen LogP contribution in [-0.4, -0.2) is 52.8 Å². The molecule has 2 heterocycles. The highest BCUT2D eigenvalue weighted by Gasteiger charge is 2.23. The van der Waals surface area contributed by atoms with Crippen LogP contribution < -0.4 is 15.7 Å². The van der Waals surface area contributed by atoms with Crippen molar-refractivity contribution in [2.75, 3.05) is 32.7 Å². The van der Waals surface area contributed by atoms with Gasteiger partial charge in [-0.1, -0.05) is 32.9 Å². The molecule has 0 bridgehead atoms. The van der Waals surface area contributed by atoms with Gasteiger partial charge in [0, 0.05) is 31.7 Å². The number of fused-ring (bicyclic) bond motifs is 2. The lowest BCUT2D eigenvalue weighted by Gasteiger charge is -2.25. The summed E-state index contributed by atoms with van der Waals surface area (Å²) < 4.78 is 6.08. The molecule has 2 aromatic carbocycles. The number of ether oxygens (including phenoxy) is 1. The lowest BCUT2D eigenvalue weighted by Crippen LogP contribution is -2.42. The van der Waals surface area contributed by atoms with E-state index in [1.807, 2.05) is 18.2 Å². The first kappa shape index (κ1) is 20.5. The molecule has 1 aliphatic rings. The molecule has 1 aromatic heterocycles. The van der Waals surface area contributed by atoms with Gasteiger partial charge in [0.05, 0.1) is 10.8 Å². The molecular formula is C23H29N5O2. The first-order chi connectivity index (χ1) is 14.6. The summed E-state index contributed by atoms with van der Waals surface area (Å²) in [6.07, 6.45) is 0. The van der Waals surface area contributed by atoms with Crippen LogP contribution in [0.25, 0.3) is 22.0 Å². The van der Waals surface area contributed by atoms with E-state index in [0.29, 0.717) is 11.1 Å². The summed E-state index contributed by atoms with van der Waals surface area (Å²) in [5, 5.41) is 10.6. The summed E-state index contributed by atoms with van der Waals surface area (Å²) in [6, 6.07) is 11.7. The van der Waals surface area contributed by atoms with Crippen molar-refractivity contribution in [1.82, 2.24) is 25.5 Å². The Morgan fingerprint density at radius 2 is 1.90 bits per heavy atom. The van der Waals surface area contributed by atoms with E-state index in [-0.39, 0.29) is 5.56 Å². The quantitative estimate of drug-likeness (QED) is 0.415. The zero-order valence-electron chi connectivity index (χ0n) is 17.9. The van der Waals surface area contributed by atoms with Crippen LogP contribution in [0.2, 0.25) is 0 Å². The highest BCUT2D eigenvalue weighted by molar-refractivity contribution is 6.01. The smallest absolute Gasteiger partial charge is 0.272 e. The fourth-order valence-electron chi connectivity index (χ4n) is 3.94. The van der Waals surface area contributed by atoms with Crippen molar-refractivity contribution in [2.45, 2.75) is 27.3 Å². The predicted molar refractivity (Wildman–Crippen MR) is 120 cm³/mol. The first-order valence-corrected chi connectivity index (χ1v) is 10.7. The summed E-state index contributed by atoms with van der Waals surface area (Å²) in [5.41, 5.74) is 6.17. The van der Waals surface area contributed by atoms with Crippen molar-refractivity contribution in [2.24, 2.45) is 0 Å². The van der Waals surface area contributed by atoms with Gasteiger partial charge in [0.25, 0.3) is 5.56 Å². The normalized spacial score (nSPS) is 12.4. The average Bonchev–Trinajstić information content (AvgIpc) is 2.78. The molecule has 0 atom stereocenters. The first-order valence-electron chi connectivity index (χ1n) is 10.7. The number of rotatable bonds is 9. The van der Waals surface area contributed by atoms with Crippen molar-refractivity contribution in [3.63, 3.8) is 0 Å². The monoisotopic (exact) mass is 407 g/mol. The summed E-state index contributed by atoms with van der Waals surface area (Å²) in [7, 11) is 0. The van der Waals surface area contributed by atoms with E-state index in [0.717, 1.165) is 67.2 Å². The zero-order chi connectivity index (χ0) is 21.1. The number of H-pyrrole nitrogens is 1. The van der Waals surface area contributed by atoms with Gasteiger partial charge in [0.2, 0.25) is 0 Å². The molecular weight excluding hydrogens is 378 g/mol. The third-order valence-corrected chi connectivity index (χ3v) is 5.71. The Bertz CT molecular complexity index is 1090. The van der Waals surface area contributed by atoms with E-state index < -0.39 is 0 Å². The molecule has 1 aliphatic heterocycles. The minimum absolute atomic E-state index is 0.201. The van der Waals surface area contributed by atoms with Gasteiger partial charge in [-0.25, -0.2) is 10.1 Å². The maximum atomic E-state index is 12.2. The second-order valence-electron chi connectivity index (χ2n) is 7.46. The van der Waals surface area contributed by atoms with Gasteiger partial charge in [0.15, 0.2) is 0 Å². The van der Waals surface area contributed by atoms with E-state index in [9.17, 15) is 4.79 Å². The summed E-state index contributed by atoms with van der Waals surface area (Å²) >= 11 is 0. The number of nitrogens with zero attached hydrogens (tertiary/aromatic N) is 3. The number of nitrogens with one attached hydrogen (secondary N) is 2. The molecule has 7 heteroatoms. The maximum Gasteiger partial charge on any atom is 0.272 e. The van der Waals surface area contributed by atoms with Crippen LogP contribution in [0.15, 0.2) is 41.2 Å². The highest BCUT2D eigenvalue weighted by atomic mass is 16.5. The molecule has 0 saturated heterocycles. The Morgan fingerprint density at radius 1 is 1.07 bits per heavy atom. The topological polar surface area (TPSA) is 73.5 Å². The summed E-state index contributed by atoms with van der Waals surface area (Å²) in [6.45, 7) is 12.3. The molecule has 158 valence electrons. The Hall–Kier alpha value is -2.74. The van der Waals surface area contributed by atoms with Gasteiger partial charge in [-0.3, -0.25) is 10.2 Å². The second-order valence-corrected chi connectivity index (χ2v) is 7.46. The van der Waals surface area contributed by atoms with Crippen LogP contribution in [0, 0.1) is 0 Å². The molecule has 30 heavy (non-hydrogen) atoms. The molecule has 0 fully saturated rings. The van der Waals surface area contributed by atoms with Crippen molar-refractivity contribution in [1.29, 1.82) is 0 Å². The van der Waals surface area contributed by atoms with Crippen LogP contribution in [-0.2, 0) is 6.54 Å². The Kier molecular flexibility index (Phi) is 6.13. The summed E-state index contributed by atoms with van der Waals surface area (Å²) in [5.74, 6) is 1.44. The fraction of sp³-hybridized carbons (Fsp3) is 0.391. The fourth-order valence-corrected chi connectivity index (χ4v) is 3.94. The highest BCUT2D eigenvalue weighted by Crippen LogP contribution is 2.44. The van der Waals surface area contributed by atoms with Crippen LogP contribution in [0.3, 0.4) is 0 Å². The maximum absolute atomic E-state index is 12.2. The minimum atomic E-state index is -0.201. The van der Waals surface area contributed by atoms with E-state index in [2.05, 4.69) is 58.4 Å². The van der Waals surface area contributed by atoms with Gasteiger partial charge in [-0.15, -0.1) is 0 Å². The number of hydrogen-bond acceptors (Lipinski definition) is 6. The molecule has 0 radical (unpaired) electrons. The van der Waals surface area contributed by atoms with Crippen molar-refractivity contribution in [3.05, 3.63) is 52.3 Å². The van der Waals surface area contributed by atoms with Crippen molar-refractivity contribution in [3.8, 4) is 22.8 Å². The number of likely N-dealkylation sites (N-methyl/N-ethyl adjacent to an activating group) is 1. The van der Waals surface area contributed by atoms with Gasteiger partial charge in [-0.2, -0.15) is 5.10 Å². The lowest BCUT2D eigenvalue weighted by atomic mass is 9.99. The molecule has 0 aliphatic carbocycles. The van der Waals surface area contributed by atoms with Gasteiger partial charge >= 0.3 is 0 Å². The van der Waals surface area contributed by atoms with Crippen LogP contribution in [0.5, 0.6) is 11.5 Å². The molecule has 2 N–H and O–H groups in total. The minimum Gasteiger partial charge on any atom is -0.456 e. The molecule has 4 rings (SSSR count). The standard InChI is InChI=1S/C23H29N5O2/c1-4-27(5-2)13-12-24-28(6-3)15-16-10-11-19-18(14-16)22-21-17(23(29)26-25-22)8-7-9-20(21)30-19/h7-11,14,24H,4-6,12-13,15H2,1-3H3,(H,26,29). The van der Waals surface area contributed by atoms with E-state index in [1.165, 1.54) is 0 Å². The lowest BCUT2D eigenvalue weighted by molar-refractivity contribution is 0.172. The Balaban J connectivity index is 1.57. The van der Waals surface area contributed by atoms with Crippen LogP contribution in [0.4, 0.5) is 0 Å². The SMILES string of the molecule is CCN(CC)CCNN(CC)Cc1ccc2c(c1)-c1n[nH]c(=O)c3cccc(c13)O2. The van der Waals surface area contributed by atoms with Gasteiger partial charge in [-0.05, 0) is 42.9 Å². The molecule has 0 amide bonds. The van der Waals surface area contributed by atoms with Crippen LogP contribution in [0.1, 0.15) is 26.3 Å². The zero-order valence-corrected chi connectivity index (χ0v) is 17.9. The average molecular weight is 408 g/mol. The summed E-state index contributed by atoms with van der Waals surface area (Å²) in [4.78, 5) is 14.6. The molecule has 3 aromatic rings. The third-order valence-electron chi connectivity index (χ3n) is 5.71. The molecule has 0 unspecified atom stereocenters. The van der Waals surface area contributed by atoms with Gasteiger partial charge in [0.1, 0.15) is 17.2 Å². The van der Waals surface area contributed by atoms with E-state index in [1.54, 1.807) is 6.07 Å². The number of aromatic nitrogens is 2. The Labute approximate surface area is 176 Å². The Morgan fingerprint density at radius 3 is 2.67 bits per heavy atom. The number of benzene rings is 2. The van der Waals surface area contributed by atoms with Gasteiger partial charge < -0.3 is 9.64 Å². The molecule has 7 nitrogen and oxygen atoms in total. The largest absolute Gasteiger partial charge is 0.456 e. The van der Waals surface area contributed by atoms with Crippen molar-refractivity contribution >= 4 is 10.8 Å². The van der Waals surface area contributed by atoms with E-state index in [4.69, 9.17) is 4.74 Å².